The van der Waals surface area contributed by atoms with Crippen molar-refractivity contribution in [1.29, 1.82) is 0 Å². The minimum Gasteiger partial charge on any atom is -0.424 e. The molecule has 190 valence electrons. The van der Waals surface area contributed by atoms with Gasteiger partial charge in [-0.15, -0.1) is 4.98 Å². The smallest absolute Gasteiger partial charge is 0.328 e. The third-order valence-electron chi connectivity index (χ3n) is 9.56. The Labute approximate surface area is 215 Å². The molecule has 0 spiro atoms. The van der Waals surface area contributed by atoms with Crippen LogP contribution in [0, 0.1) is 23.3 Å². The van der Waals surface area contributed by atoms with E-state index in [0.29, 0.717) is 23.5 Å². The number of halogens is 1. The number of benzene rings is 2. The second-order valence-corrected chi connectivity index (χ2v) is 11.4. The van der Waals surface area contributed by atoms with Crippen LogP contribution in [-0.2, 0) is 13.5 Å². The molecule has 2 heterocycles. The molecule has 0 saturated heterocycles. The maximum atomic E-state index is 14.5. The predicted molar refractivity (Wildman–Crippen MR) is 139 cm³/mol. The molecule has 5 atom stereocenters. The molecule has 7 heteroatoms. The van der Waals surface area contributed by atoms with Crippen LogP contribution in [0.25, 0.3) is 22.3 Å². The fourth-order valence-corrected chi connectivity index (χ4v) is 7.75. The summed E-state index contributed by atoms with van der Waals surface area (Å²) in [7, 11) is 1.90. The van der Waals surface area contributed by atoms with Gasteiger partial charge in [-0.2, -0.15) is 14.4 Å². The summed E-state index contributed by atoms with van der Waals surface area (Å²) < 4.78 is 22.4. The highest BCUT2D eigenvalue weighted by molar-refractivity contribution is 5.94. The van der Waals surface area contributed by atoms with E-state index in [1.807, 2.05) is 48.1 Å². The molecule has 1 N–H and O–H groups in total. The van der Waals surface area contributed by atoms with Gasteiger partial charge in [0.1, 0.15) is 5.75 Å². The minimum atomic E-state index is -0.866. The first kappa shape index (κ1) is 22.8. The van der Waals surface area contributed by atoms with E-state index in [-0.39, 0.29) is 23.4 Å². The van der Waals surface area contributed by atoms with E-state index < -0.39 is 6.08 Å². The average molecular weight is 499 g/mol. The van der Waals surface area contributed by atoms with E-state index in [1.54, 1.807) is 0 Å². The summed E-state index contributed by atoms with van der Waals surface area (Å²) in [4.78, 5) is 12.3. The zero-order chi connectivity index (χ0) is 25.3. The van der Waals surface area contributed by atoms with Gasteiger partial charge in [-0.1, -0.05) is 37.3 Å². The van der Waals surface area contributed by atoms with Crippen molar-refractivity contribution in [3.05, 3.63) is 65.9 Å². The van der Waals surface area contributed by atoms with E-state index in [9.17, 15) is 9.50 Å². The lowest BCUT2D eigenvalue weighted by Gasteiger charge is -2.50. The molecule has 0 radical (unpaired) electrons. The fourth-order valence-electron chi connectivity index (χ4n) is 7.75. The third-order valence-corrected chi connectivity index (χ3v) is 9.56. The molecule has 2 fully saturated rings. The van der Waals surface area contributed by atoms with Gasteiger partial charge >= 0.3 is 12.1 Å². The quantitative estimate of drug-likeness (QED) is 0.365. The fraction of sp³-hybridized carbons (Fsp3) is 0.433. The molecule has 2 unspecified atom stereocenters. The molecular weight excluding hydrogens is 467 g/mol. The number of ether oxygens (including phenoxy) is 1. The largest absolute Gasteiger partial charge is 0.424 e. The molecular formula is C30H31FN4O2. The summed E-state index contributed by atoms with van der Waals surface area (Å²) >= 11 is 0. The standard InChI is InChI=1S/C30H31FN4O2/c1-30-14-13-22-20-10-8-19(15-17(20)7-9-23(22)24(30)11-12-25(30)36)37-29-33-27(32-28(31)34-29)26-21-6-4-3-5-18(21)16-35(26)2/h3-6,8,10,15-16,22-25,36H,7,9,11-14H2,1-2H3/t22?,23-,24?,25+,30+/m1/s1. The number of aliphatic hydroxyl groups is 1. The summed E-state index contributed by atoms with van der Waals surface area (Å²) in [5, 5.41) is 12.6. The van der Waals surface area contributed by atoms with E-state index in [2.05, 4.69) is 34.0 Å². The first-order valence-corrected chi connectivity index (χ1v) is 13.4. The Kier molecular flexibility index (Phi) is 5.15. The Hall–Kier alpha value is -3.32. The van der Waals surface area contributed by atoms with Crippen LogP contribution in [0.1, 0.15) is 56.1 Å². The Morgan fingerprint density at radius 2 is 1.92 bits per heavy atom. The molecule has 7 rings (SSSR count). The zero-order valence-electron chi connectivity index (χ0n) is 21.2. The topological polar surface area (TPSA) is 73.1 Å². The van der Waals surface area contributed by atoms with Crippen LogP contribution in [0.4, 0.5) is 4.39 Å². The van der Waals surface area contributed by atoms with Crippen LogP contribution < -0.4 is 4.74 Å². The molecule has 0 bridgehead atoms. The van der Waals surface area contributed by atoms with Crippen molar-refractivity contribution in [1.82, 2.24) is 19.5 Å². The zero-order valence-corrected chi connectivity index (χ0v) is 21.2. The van der Waals surface area contributed by atoms with Crippen molar-refractivity contribution >= 4 is 10.8 Å². The van der Waals surface area contributed by atoms with E-state index in [0.717, 1.165) is 55.0 Å². The van der Waals surface area contributed by atoms with E-state index in [1.165, 1.54) is 11.1 Å². The van der Waals surface area contributed by atoms with Gasteiger partial charge in [0, 0.05) is 24.0 Å². The van der Waals surface area contributed by atoms with Crippen LogP contribution in [0.5, 0.6) is 11.8 Å². The van der Waals surface area contributed by atoms with Crippen LogP contribution in [0.2, 0.25) is 0 Å². The normalized spacial score (nSPS) is 28.5. The molecule has 3 aliphatic rings. The Morgan fingerprint density at radius 3 is 2.81 bits per heavy atom. The third kappa shape index (κ3) is 3.58. The number of nitrogens with zero attached hydrogens (tertiary/aromatic N) is 4. The van der Waals surface area contributed by atoms with E-state index in [4.69, 9.17) is 4.74 Å². The first-order valence-electron chi connectivity index (χ1n) is 13.4. The van der Waals surface area contributed by atoms with Crippen molar-refractivity contribution in [3.63, 3.8) is 0 Å². The highest BCUT2D eigenvalue weighted by Crippen LogP contribution is 2.61. The Bertz CT molecular complexity index is 1520. The number of rotatable bonds is 3. The number of aryl methyl sites for hydroxylation is 2. The Morgan fingerprint density at radius 1 is 1.05 bits per heavy atom. The molecule has 37 heavy (non-hydrogen) atoms. The molecule has 0 amide bonds. The second kappa shape index (κ2) is 8.35. The average Bonchev–Trinajstić information content (AvgIpc) is 3.38. The molecule has 4 aromatic rings. The maximum absolute atomic E-state index is 14.5. The van der Waals surface area contributed by atoms with Gasteiger partial charge in [-0.25, -0.2) is 0 Å². The summed E-state index contributed by atoms with van der Waals surface area (Å²) in [5.74, 6) is 2.63. The van der Waals surface area contributed by atoms with Gasteiger partial charge in [0.05, 0.1) is 11.8 Å². The SMILES string of the molecule is Cn1cc2ccccc2c1-c1nc(F)nc(Oc2ccc3c(c2)CC[C@@H]2C3CC[C@@]3(C)C2CC[C@@H]3O)n1. The number of hydrogen-bond donors (Lipinski definition) is 1. The van der Waals surface area contributed by atoms with Gasteiger partial charge in [0.25, 0.3) is 0 Å². The summed E-state index contributed by atoms with van der Waals surface area (Å²) in [6, 6.07) is 14.1. The van der Waals surface area contributed by atoms with Crippen LogP contribution in [0.15, 0.2) is 48.7 Å². The predicted octanol–water partition coefficient (Wildman–Crippen LogP) is 6.18. The lowest BCUT2D eigenvalue weighted by atomic mass is 9.55. The maximum Gasteiger partial charge on any atom is 0.328 e. The molecule has 2 aromatic heterocycles. The molecule has 2 aromatic carbocycles. The summed E-state index contributed by atoms with van der Waals surface area (Å²) in [6.45, 7) is 2.30. The molecule has 0 aliphatic heterocycles. The molecule has 3 aliphatic carbocycles. The highest BCUT2D eigenvalue weighted by Gasteiger charge is 2.54. The minimum absolute atomic E-state index is 0.0465. The number of fused-ring (bicyclic) bond motifs is 6. The summed E-state index contributed by atoms with van der Waals surface area (Å²) in [6.07, 6.45) is 7.36. The van der Waals surface area contributed by atoms with Crippen molar-refractivity contribution in [2.75, 3.05) is 0 Å². The lowest BCUT2D eigenvalue weighted by molar-refractivity contribution is -0.0226. The number of aliphatic hydroxyl groups excluding tert-OH is 1. The van der Waals surface area contributed by atoms with Crippen LogP contribution in [-0.4, -0.2) is 30.7 Å². The first-order chi connectivity index (χ1) is 17.9. The van der Waals surface area contributed by atoms with Crippen molar-refractivity contribution in [2.45, 2.75) is 57.5 Å². The van der Waals surface area contributed by atoms with Gasteiger partial charge < -0.3 is 14.4 Å². The Balaban J connectivity index is 1.18. The van der Waals surface area contributed by atoms with Crippen LogP contribution >= 0.6 is 0 Å². The van der Waals surface area contributed by atoms with Gasteiger partial charge in [0.2, 0.25) is 0 Å². The highest BCUT2D eigenvalue weighted by atomic mass is 19.1. The van der Waals surface area contributed by atoms with Crippen molar-refractivity contribution in [2.24, 2.45) is 24.3 Å². The number of hydrogen-bond acceptors (Lipinski definition) is 5. The second-order valence-electron chi connectivity index (χ2n) is 11.4. The monoisotopic (exact) mass is 498 g/mol. The lowest BCUT2D eigenvalue weighted by Crippen LogP contribution is -2.43. The molecule has 6 nitrogen and oxygen atoms in total. The van der Waals surface area contributed by atoms with E-state index >= 15 is 0 Å². The van der Waals surface area contributed by atoms with Gasteiger partial charge in [-0.05, 0) is 85.0 Å². The van der Waals surface area contributed by atoms with Gasteiger partial charge in [0.15, 0.2) is 5.82 Å². The van der Waals surface area contributed by atoms with Gasteiger partial charge in [-0.3, -0.25) is 0 Å². The number of aromatic nitrogens is 4. The van der Waals surface area contributed by atoms with Crippen molar-refractivity contribution in [3.8, 4) is 23.3 Å². The van der Waals surface area contributed by atoms with Crippen LogP contribution in [0.3, 0.4) is 0 Å². The molecule has 2 saturated carbocycles. The summed E-state index contributed by atoms with van der Waals surface area (Å²) in [5.41, 5.74) is 3.50. The van der Waals surface area contributed by atoms with Crippen molar-refractivity contribution < 1.29 is 14.2 Å².